The quantitative estimate of drug-likeness (QED) is 0.833. The van der Waals surface area contributed by atoms with Gasteiger partial charge in [0.05, 0.1) is 0 Å². The minimum atomic E-state index is 0.493. The molecule has 1 aliphatic carbocycles. The van der Waals surface area contributed by atoms with E-state index in [2.05, 4.69) is 23.5 Å². The Morgan fingerprint density at radius 2 is 1.74 bits per heavy atom. The largest absolute Gasteiger partial charge is 0.313 e. The Kier molecular flexibility index (Phi) is 3.53. The summed E-state index contributed by atoms with van der Waals surface area (Å²) in [6.07, 6.45) is 2.30. The first-order valence-corrected chi connectivity index (χ1v) is 7.19. The summed E-state index contributed by atoms with van der Waals surface area (Å²) in [7, 11) is 2.02. The Hall–Kier alpha value is -1.02. The second kappa shape index (κ2) is 5.16. The van der Waals surface area contributed by atoms with Crippen LogP contribution in [0.5, 0.6) is 0 Å². The number of hydrogen-bond acceptors (Lipinski definition) is 1. The van der Waals surface area contributed by atoms with Gasteiger partial charge >= 0.3 is 0 Å². The van der Waals surface area contributed by atoms with Crippen LogP contribution in [0.1, 0.15) is 23.6 Å². The van der Waals surface area contributed by atoms with E-state index >= 15 is 0 Å². The summed E-state index contributed by atoms with van der Waals surface area (Å²) in [6, 6.07) is 12.8. The van der Waals surface area contributed by atoms with Crippen LogP contribution in [0.25, 0.3) is 11.1 Å². The molecule has 0 fully saturated rings. The number of benzene rings is 2. The number of rotatable bonds is 2. The average molecular weight is 292 g/mol. The van der Waals surface area contributed by atoms with Gasteiger partial charge in [-0.3, -0.25) is 0 Å². The summed E-state index contributed by atoms with van der Waals surface area (Å²) >= 11 is 12.1. The Morgan fingerprint density at radius 1 is 1.00 bits per heavy atom. The van der Waals surface area contributed by atoms with Gasteiger partial charge in [0.2, 0.25) is 0 Å². The lowest BCUT2D eigenvalue weighted by Gasteiger charge is -2.11. The third kappa shape index (κ3) is 2.51. The molecule has 2 aromatic rings. The van der Waals surface area contributed by atoms with E-state index in [0.717, 1.165) is 12.0 Å². The average Bonchev–Trinajstić information content (AvgIpc) is 2.79. The maximum atomic E-state index is 6.07. The van der Waals surface area contributed by atoms with Crippen molar-refractivity contribution in [2.24, 2.45) is 0 Å². The third-order valence-electron chi connectivity index (χ3n) is 3.77. The van der Waals surface area contributed by atoms with Crippen molar-refractivity contribution in [3.05, 3.63) is 57.6 Å². The van der Waals surface area contributed by atoms with Crippen LogP contribution in [0.15, 0.2) is 36.4 Å². The lowest BCUT2D eigenvalue weighted by Crippen LogP contribution is -2.12. The van der Waals surface area contributed by atoms with Crippen LogP contribution in [-0.4, -0.2) is 7.05 Å². The molecule has 19 heavy (non-hydrogen) atoms. The van der Waals surface area contributed by atoms with Crippen molar-refractivity contribution in [3.63, 3.8) is 0 Å². The molecule has 0 heterocycles. The molecule has 0 saturated heterocycles. The standard InChI is InChI=1S/C16H15Cl2N/c1-19-16-5-3-11-6-10(2-4-15(11)16)12-7-13(17)9-14(18)8-12/h2,4,6-9,16,19H,3,5H2,1H3. The van der Waals surface area contributed by atoms with Gasteiger partial charge in [-0.15, -0.1) is 0 Å². The Labute approximate surface area is 123 Å². The van der Waals surface area contributed by atoms with E-state index in [9.17, 15) is 0 Å². The van der Waals surface area contributed by atoms with Crippen LogP contribution in [0, 0.1) is 0 Å². The van der Waals surface area contributed by atoms with E-state index in [1.807, 2.05) is 19.2 Å². The van der Waals surface area contributed by atoms with E-state index < -0.39 is 0 Å². The maximum absolute atomic E-state index is 6.07. The molecule has 1 aliphatic rings. The fourth-order valence-electron chi connectivity index (χ4n) is 2.82. The van der Waals surface area contributed by atoms with Crippen LogP contribution >= 0.6 is 23.2 Å². The molecule has 1 atom stereocenters. The van der Waals surface area contributed by atoms with E-state index in [-0.39, 0.29) is 0 Å². The number of hydrogen-bond donors (Lipinski definition) is 1. The number of fused-ring (bicyclic) bond motifs is 1. The van der Waals surface area contributed by atoms with Crippen molar-refractivity contribution in [1.82, 2.24) is 5.32 Å². The second-order valence-electron chi connectivity index (χ2n) is 4.95. The summed E-state index contributed by atoms with van der Waals surface area (Å²) in [5.74, 6) is 0. The molecule has 0 bridgehead atoms. The lowest BCUT2D eigenvalue weighted by molar-refractivity contribution is 0.590. The van der Waals surface area contributed by atoms with Crippen molar-refractivity contribution in [3.8, 4) is 11.1 Å². The summed E-state index contributed by atoms with van der Waals surface area (Å²) in [6.45, 7) is 0. The fraction of sp³-hybridized carbons (Fsp3) is 0.250. The normalized spacial score (nSPS) is 17.5. The Balaban J connectivity index is 2.03. The first-order valence-electron chi connectivity index (χ1n) is 6.44. The predicted octanol–water partition coefficient (Wildman–Crippen LogP) is 4.87. The molecule has 1 unspecified atom stereocenters. The highest BCUT2D eigenvalue weighted by atomic mass is 35.5. The van der Waals surface area contributed by atoms with Crippen LogP contribution < -0.4 is 5.32 Å². The van der Waals surface area contributed by atoms with E-state index in [1.54, 1.807) is 6.07 Å². The minimum Gasteiger partial charge on any atom is -0.313 e. The zero-order valence-electron chi connectivity index (χ0n) is 10.7. The molecule has 3 heteroatoms. The summed E-state index contributed by atoms with van der Waals surface area (Å²) in [5.41, 5.74) is 5.10. The fourth-order valence-corrected chi connectivity index (χ4v) is 3.34. The van der Waals surface area contributed by atoms with Gasteiger partial charge in [0, 0.05) is 16.1 Å². The molecule has 98 valence electrons. The number of halogens is 2. The summed E-state index contributed by atoms with van der Waals surface area (Å²) < 4.78 is 0. The first-order chi connectivity index (χ1) is 9.17. The van der Waals surface area contributed by atoms with Gasteiger partial charge in [-0.1, -0.05) is 41.4 Å². The molecule has 3 rings (SSSR count). The zero-order chi connectivity index (χ0) is 13.4. The molecule has 0 aliphatic heterocycles. The van der Waals surface area contributed by atoms with Crippen molar-refractivity contribution in [2.45, 2.75) is 18.9 Å². The van der Waals surface area contributed by atoms with Crippen molar-refractivity contribution >= 4 is 23.2 Å². The summed E-state index contributed by atoms with van der Waals surface area (Å²) in [5, 5.41) is 4.71. The summed E-state index contributed by atoms with van der Waals surface area (Å²) in [4.78, 5) is 0. The molecule has 0 amide bonds. The third-order valence-corrected chi connectivity index (χ3v) is 4.20. The number of nitrogens with one attached hydrogen (secondary N) is 1. The molecule has 1 N–H and O–H groups in total. The molecule has 0 aromatic heterocycles. The van der Waals surface area contributed by atoms with Crippen LogP contribution in [0.3, 0.4) is 0 Å². The molecule has 2 aromatic carbocycles. The van der Waals surface area contributed by atoms with E-state index in [0.29, 0.717) is 16.1 Å². The second-order valence-corrected chi connectivity index (χ2v) is 5.82. The Morgan fingerprint density at radius 3 is 2.42 bits per heavy atom. The highest BCUT2D eigenvalue weighted by molar-refractivity contribution is 6.35. The van der Waals surface area contributed by atoms with Gasteiger partial charge in [0.25, 0.3) is 0 Å². The Bertz CT molecular complexity index is 602. The van der Waals surface area contributed by atoms with Crippen LogP contribution in [-0.2, 0) is 6.42 Å². The SMILES string of the molecule is CNC1CCc2cc(-c3cc(Cl)cc(Cl)c3)ccc21. The monoisotopic (exact) mass is 291 g/mol. The van der Waals surface area contributed by atoms with Gasteiger partial charge in [-0.2, -0.15) is 0 Å². The zero-order valence-corrected chi connectivity index (χ0v) is 12.2. The van der Waals surface area contributed by atoms with Gasteiger partial charge in [0.1, 0.15) is 0 Å². The van der Waals surface area contributed by atoms with Gasteiger partial charge in [-0.05, 0) is 60.3 Å². The number of aryl methyl sites for hydroxylation is 1. The molecular weight excluding hydrogens is 277 g/mol. The minimum absolute atomic E-state index is 0.493. The molecule has 1 nitrogen and oxygen atoms in total. The van der Waals surface area contributed by atoms with E-state index in [4.69, 9.17) is 23.2 Å². The van der Waals surface area contributed by atoms with Crippen LogP contribution in [0.2, 0.25) is 10.0 Å². The molecule has 0 radical (unpaired) electrons. The molecule has 0 saturated carbocycles. The van der Waals surface area contributed by atoms with Gasteiger partial charge in [-0.25, -0.2) is 0 Å². The highest BCUT2D eigenvalue weighted by Crippen LogP contribution is 2.35. The van der Waals surface area contributed by atoms with Crippen molar-refractivity contribution in [2.75, 3.05) is 7.05 Å². The maximum Gasteiger partial charge on any atom is 0.0426 e. The molecule has 0 spiro atoms. The van der Waals surface area contributed by atoms with Crippen LogP contribution in [0.4, 0.5) is 0 Å². The highest BCUT2D eigenvalue weighted by Gasteiger charge is 2.21. The van der Waals surface area contributed by atoms with Gasteiger partial charge in [0.15, 0.2) is 0 Å². The first kappa shape index (κ1) is 13.0. The molecular formula is C16H15Cl2N. The van der Waals surface area contributed by atoms with E-state index in [1.165, 1.54) is 23.1 Å². The lowest BCUT2D eigenvalue weighted by atomic mass is 10.00. The smallest absolute Gasteiger partial charge is 0.0426 e. The van der Waals surface area contributed by atoms with Crippen molar-refractivity contribution in [1.29, 1.82) is 0 Å². The predicted molar refractivity (Wildman–Crippen MR) is 82.0 cm³/mol. The van der Waals surface area contributed by atoms with Gasteiger partial charge < -0.3 is 5.32 Å². The van der Waals surface area contributed by atoms with Crippen molar-refractivity contribution < 1.29 is 0 Å². The topological polar surface area (TPSA) is 12.0 Å².